The standard InChI is InChI=1S/C14H12O2S/c15-14(16-12-7-3-1-4-8-12)11-17-13-9-5-2-6-10-13/h1-10H,11H2. The third kappa shape index (κ3) is 3.96. The Bertz CT molecular complexity index is 468. The first-order valence-corrected chi connectivity index (χ1v) is 6.27. The van der Waals surface area contributed by atoms with Gasteiger partial charge in [0.25, 0.3) is 0 Å². The van der Waals surface area contributed by atoms with Crippen LogP contribution in [0.3, 0.4) is 0 Å². The van der Waals surface area contributed by atoms with E-state index in [1.165, 1.54) is 11.8 Å². The highest BCUT2D eigenvalue weighted by Crippen LogP contribution is 2.17. The van der Waals surface area contributed by atoms with Gasteiger partial charge in [-0.3, -0.25) is 4.79 Å². The van der Waals surface area contributed by atoms with Gasteiger partial charge in [0.2, 0.25) is 0 Å². The van der Waals surface area contributed by atoms with Crippen molar-refractivity contribution in [3.8, 4) is 5.75 Å². The van der Waals surface area contributed by atoms with Crippen molar-refractivity contribution in [2.75, 3.05) is 5.75 Å². The van der Waals surface area contributed by atoms with E-state index in [4.69, 9.17) is 4.74 Å². The van der Waals surface area contributed by atoms with Gasteiger partial charge in [-0.25, -0.2) is 0 Å². The maximum atomic E-state index is 11.5. The van der Waals surface area contributed by atoms with Crippen molar-refractivity contribution >= 4 is 17.7 Å². The molecule has 0 aliphatic carbocycles. The SMILES string of the molecule is O=C(CSc1ccccc1)Oc1ccccc1. The van der Waals surface area contributed by atoms with Crippen molar-refractivity contribution in [3.05, 3.63) is 60.7 Å². The highest BCUT2D eigenvalue weighted by molar-refractivity contribution is 8.00. The minimum Gasteiger partial charge on any atom is -0.426 e. The number of carbonyl (C=O) groups excluding carboxylic acids is 1. The molecule has 0 N–H and O–H groups in total. The largest absolute Gasteiger partial charge is 0.426 e. The number of thioether (sulfide) groups is 1. The molecule has 0 amide bonds. The van der Waals surface area contributed by atoms with Gasteiger partial charge < -0.3 is 4.74 Å². The van der Waals surface area contributed by atoms with Crippen molar-refractivity contribution < 1.29 is 9.53 Å². The summed E-state index contributed by atoms with van der Waals surface area (Å²) in [6, 6.07) is 18.9. The molecule has 0 unspecified atom stereocenters. The summed E-state index contributed by atoms with van der Waals surface area (Å²) in [5, 5.41) is 0. The van der Waals surface area contributed by atoms with Crippen LogP contribution in [0.2, 0.25) is 0 Å². The van der Waals surface area contributed by atoms with Crippen LogP contribution < -0.4 is 4.74 Å². The number of ether oxygens (including phenoxy) is 1. The summed E-state index contributed by atoms with van der Waals surface area (Å²) in [5.74, 6) is 0.676. The van der Waals surface area contributed by atoms with Crippen molar-refractivity contribution in [2.24, 2.45) is 0 Å². The van der Waals surface area contributed by atoms with Crippen LogP contribution in [0, 0.1) is 0 Å². The maximum Gasteiger partial charge on any atom is 0.321 e. The monoisotopic (exact) mass is 244 g/mol. The predicted octanol–water partition coefficient (Wildman–Crippen LogP) is 3.38. The molecular formula is C14H12O2S. The van der Waals surface area contributed by atoms with Crippen LogP contribution in [0.1, 0.15) is 0 Å². The predicted molar refractivity (Wildman–Crippen MR) is 69.2 cm³/mol. The van der Waals surface area contributed by atoms with Crippen LogP contribution in [0.5, 0.6) is 5.75 Å². The summed E-state index contributed by atoms with van der Waals surface area (Å²) in [6.07, 6.45) is 0. The first kappa shape index (κ1) is 11.7. The molecule has 2 nitrogen and oxygen atoms in total. The van der Waals surface area contributed by atoms with Crippen LogP contribution in [0.15, 0.2) is 65.6 Å². The molecule has 0 spiro atoms. The molecule has 0 saturated carbocycles. The van der Waals surface area contributed by atoms with E-state index in [2.05, 4.69) is 0 Å². The van der Waals surface area contributed by atoms with E-state index in [0.717, 1.165) is 4.90 Å². The Balaban J connectivity index is 1.83. The Morgan fingerprint density at radius 3 is 2.18 bits per heavy atom. The van der Waals surface area contributed by atoms with E-state index >= 15 is 0 Å². The summed E-state index contributed by atoms with van der Waals surface area (Å²) in [5.41, 5.74) is 0. The Morgan fingerprint density at radius 2 is 1.53 bits per heavy atom. The van der Waals surface area contributed by atoms with Gasteiger partial charge in [-0.2, -0.15) is 0 Å². The smallest absolute Gasteiger partial charge is 0.321 e. The molecule has 2 aromatic carbocycles. The lowest BCUT2D eigenvalue weighted by atomic mass is 10.3. The summed E-state index contributed by atoms with van der Waals surface area (Å²) in [6.45, 7) is 0. The van der Waals surface area contributed by atoms with E-state index < -0.39 is 0 Å². The molecule has 2 aromatic rings. The fourth-order valence-corrected chi connectivity index (χ4v) is 2.00. The van der Waals surface area contributed by atoms with E-state index in [-0.39, 0.29) is 5.97 Å². The Morgan fingerprint density at radius 1 is 0.941 bits per heavy atom. The van der Waals surface area contributed by atoms with Gasteiger partial charge in [0.05, 0.1) is 5.75 Å². The number of rotatable bonds is 4. The number of para-hydroxylation sites is 1. The molecule has 86 valence electrons. The molecule has 0 fully saturated rings. The molecular weight excluding hydrogens is 232 g/mol. The summed E-state index contributed by atoms with van der Waals surface area (Å²) in [4.78, 5) is 12.6. The first-order valence-electron chi connectivity index (χ1n) is 5.28. The Hall–Kier alpha value is -1.74. The maximum absolute atomic E-state index is 11.5. The molecule has 0 aliphatic heterocycles. The molecule has 0 saturated heterocycles. The quantitative estimate of drug-likeness (QED) is 0.468. The lowest BCUT2D eigenvalue weighted by Crippen LogP contribution is -2.10. The second-order valence-electron chi connectivity index (χ2n) is 3.39. The normalized spacial score (nSPS) is 9.88. The zero-order valence-electron chi connectivity index (χ0n) is 9.21. The third-order valence-corrected chi connectivity index (χ3v) is 3.06. The van der Waals surface area contributed by atoms with Gasteiger partial charge in [-0.15, -0.1) is 11.8 Å². The number of carbonyl (C=O) groups is 1. The highest BCUT2D eigenvalue weighted by atomic mass is 32.2. The average molecular weight is 244 g/mol. The Labute approximate surface area is 105 Å². The van der Waals surface area contributed by atoms with Crippen molar-refractivity contribution in [2.45, 2.75) is 4.90 Å². The van der Waals surface area contributed by atoms with Crippen molar-refractivity contribution in [3.63, 3.8) is 0 Å². The zero-order chi connectivity index (χ0) is 11.9. The van der Waals surface area contributed by atoms with Crippen LogP contribution in [0.25, 0.3) is 0 Å². The zero-order valence-corrected chi connectivity index (χ0v) is 10.0. The van der Waals surface area contributed by atoms with Crippen LogP contribution in [-0.2, 0) is 4.79 Å². The molecule has 2 rings (SSSR count). The molecule has 0 aliphatic rings. The van der Waals surface area contributed by atoms with Gasteiger partial charge in [0.1, 0.15) is 5.75 Å². The molecule has 17 heavy (non-hydrogen) atoms. The van der Waals surface area contributed by atoms with Gasteiger partial charge in [-0.1, -0.05) is 36.4 Å². The second-order valence-corrected chi connectivity index (χ2v) is 4.44. The minimum atomic E-state index is -0.231. The number of hydrogen-bond acceptors (Lipinski definition) is 3. The Kier molecular flexibility index (Phi) is 4.22. The topological polar surface area (TPSA) is 26.3 Å². The van der Waals surface area contributed by atoms with Gasteiger partial charge in [0.15, 0.2) is 0 Å². The molecule has 0 atom stereocenters. The number of hydrogen-bond donors (Lipinski definition) is 0. The van der Waals surface area contributed by atoms with Crippen LogP contribution in [0.4, 0.5) is 0 Å². The van der Waals surface area contributed by atoms with E-state index in [1.54, 1.807) is 12.1 Å². The van der Waals surface area contributed by atoms with Gasteiger partial charge >= 0.3 is 5.97 Å². The van der Waals surface area contributed by atoms with E-state index in [9.17, 15) is 4.79 Å². The van der Waals surface area contributed by atoms with E-state index in [1.807, 2.05) is 48.5 Å². The highest BCUT2D eigenvalue weighted by Gasteiger charge is 2.05. The van der Waals surface area contributed by atoms with Gasteiger partial charge in [0, 0.05) is 4.90 Å². The lowest BCUT2D eigenvalue weighted by molar-refractivity contribution is -0.131. The fourth-order valence-electron chi connectivity index (χ4n) is 1.31. The fraction of sp³-hybridized carbons (Fsp3) is 0.0714. The van der Waals surface area contributed by atoms with Crippen LogP contribution in [-0.4, -0.2) is 11.7 Å². The number of benzene rings is 2. The van der Waals surface area contributed by atoms with Gasteiger partial charge in [-0.05, 0) is 24.3 Å². The number of esters is 1. The molecule has 0 aromatic heterocycles. The minimum absolute atomic E-state index is 0.231. The summed E-state index contributed by atoms with van der Waals surface area (Å²) < 4.78 is 5.18. The molecule has 0 radical (unpaired) electrons. The molecule has 0 heterocycles. The summed E-state index contributed by atoms with van der Waals surface area (Å²) >= 11 is 1.47. The average Bonchev–Trinajstić information content (AvgIpc) is 2.39. The van der Waals surface area contributed by atoms with Crippen molar-refractivity contribution in [1.29, 1.82) is 0 Å². The van der Waals surface area contributed by atoms with E-state index in [0.29, 0.717) is 11.5 Å². The second kappa shape index (κ2) is 6.11. The molecule has 3 heteroatoms. The lowest BCUT2D eigenvalue weighted by Gasteiger charge is -2.03. The molecule has 0 bridgehead atoms. The first-order chi connectivity index (χ1) is 8.34. The van der Waals surface area contributed by atoms with Crippen LogP contribution >= 0.6 is 11.8 Å². The summed E-state index contributed by atoms with van der Waals surface area (Å²) in [7, 11) is 0. The third-order valence-electron chi connectivity index (χ3n) is 2.07. The van der Waals surface area contributed by atoms with Crippen molar-refractivity contribution in [1.82, 2.24) is 0 Å².